The Kier molecular flexibility index (Phi) is 7.19. The highest BCUT2D eigenvalue weighted by Gasteiger charge is 2.28. The predicted octanol–water partition coefficient (Wildman–Crippen LogP) is 5.15. The van der Waals surface area contributed by atoms with Crippen molar-refractivity contribution in [2.45, 2.75) is 37.4 Å². The summed E-state index contributed by atoms with van der Waals surface area (Å²) < 4.78 is 40.6. The molecule has 0 radical (unpaired) electrons. The van der Waals surface area contributed by atoms with Gasteiger partial charge in [0.05, 0.1) is 5.69 Å². The summed E-state index contributed by atoms with van der Waals surface area (Å²) in [6, 6.07) is 16.7. The Hall–Kier alpha value is -3.40. The van der Waals surface area contributed by atoms with Crippen LogP contribution < -0.4 is 10.5 Å². The van der Waals surface area contributed by atoms with Gasteiger partial charge < -0.3 is 5.32 Å². The second-order valence-electron chi connectivity index (χ2n) is 9.40. The molecule has 4 N–H and O–H groups in total. The van der Waals surface area contributed by atoms with Gasteiger partial charge in [-0.2, -0.15) is 5.10 Å². The van der Waals surface area contributed by atoms with E-state index >= 15 is 4.39 Å². The van der Waals surface area contributed by atoms with Crippen LogP contribution in [0.2, 0.25) is 0 Å². The number of rotatable bonds is 7. The van der Waals surface area contributed by atoms with Crippen LogP contribution in [0, 0.1) is 5.82 Å². The SMILES string of the molecule is CCC(c1cccc(-c2c(-c3ccc(C4CCNCC4)cc3)n[nH]c2-c2ccncc2)c1F)S(N)(=O)=O. The number of nitrogens with one attached hydrogen (secondary N) is 2. The van der Waals surface area contributed by atoms with Crippen molar-refractivity contribution in [3.63, 3.8) is 0 Å². The number of piperidine rings is 1. The van der Waals surface area contributed by atoms with E-state index in [0.29, 0.717) is 22.9 Å². The van der Waals surface area contributed by atoms with Crippen molar-refractivity contribution >= 4 is 10.0 Å². The molecule has 9 heteroatoms. The number of halogens is 1. The molecule has 1 atom stereocenters. The average Bonchev–Trinajstić information content (AvgIpc) is 3.35. The van der Waals surface area contributed by atoms with Gasteiger partial charge in [-0.15, -0.1) is 0 Å². The van der Waals surface area contributed by atoms with E-state index in [1.807, 2.05) is 24.3 Å². The fourth-order valence-corrected chi connectivity index (χ4v) is 6.23. The number of pyridine rings is 1. The first-order valence-electron chi connectivity index (χ1n) is 12.5. The number of primary sulfonamides is 1. The molecule has 3 heterocycles. The van der Waals surface area contributed by atoms with Crippen LogP contribution in [0.1, 0.15) is 48.5 Å². The zero-order chi connectivity index (χ0) is 26.0. The minimum absolute atomic E-state index is 0.0524. The molecule has 7 nitrogen and oxygen atoms in total. The number of aromatic amines is 1. The lowest BCUT2D eigenvalue weighted by Crippen LogP contribution is -2.26. The second kappa shape index (κ2) is 10.5. The maximum absolute atomic E-state index is 16.1. The van der Waals surface area contributed by atoms with Gasteiger partial charge in [-0.25, -0.2) is 17.9 Å². The molecule has 1 aliphatic rings. The molecule has 0 saturated carbocycles. The zero-order valence-electron chi connectivity index (χ0n) is 20.6. The van der Waals surface area contributed by atoms with E-state index in [0.717, 1.165) is 37.1 Å². The molecule has 0 bridgehead atoms. The summed E-state index contributed by atoms with van der Waals surface area (Å²) in [5, 5.41) is 15.4. The summed E-state index contributed by atoms with van der Waals surface area (Å²) in [7, 11) is -3.99. The number of nitrogens with zero attached hydrogens (tertiary/aromatic N) is 2. The number of nitrogens with two attached hydrogens (primary N) is 1. The molecular weight excluding hydrogens is 489 g/mol. The highest BCUT2D eigenvalue weighted by Crippen LogP contribution is 2.42. The van der Waals surface area contributed by atoms with Gasteiger partial charge in [-0.1, -0.05) is 49.4 Å². The smallest absolute Gasteiger partial charge is 0.216 e. The van der Waals surface area contributed by atoms with Crippen molar-refractivity contribution in [2.75, 3.05) is 13.1 Å². The first-order valence-corrected chi connectivity index (χ1v) is 14.1. The summed E-state index contributed by atoms with van der Waals surface area (Å²) in [4.78, 5) is 4.09. The molecule has 2 aromatic carbocycles. The van der Waals surface area contributed by atoms with Crippen molar-refractivity contribution in [3.8, 4) is 33.6 Å². The Balaban J connectivity index is 1.66. The lowest BCUT2D eigenvalue weighted by atomic mass is 9.88. The summed E-state index contributed by atoms with van der Waals surface area (Å²) in [5.41, 5.74) is 5.00. The van der Waals surface area contributed by atoms with Gasteiger partial charge in [0.2, 0.25) is 10.0 Å². The normalized spacial score (nSPS) is 15.5. The highest BCUT2D eigenvalue weighted by molar-refractivity contribution is 7.89. The molecule has 1 fully saturated rings. The Labute approximate surface area is 216 Å². The topological polar surface area (TPSA) is 114 Å². The van der Waals surface area contributed by atoms with Gasteiger partial charge >= 0.3 is 0 Å². The van der Waals surface area contributed by atoms with E-state index in [2.05, 4.69) is 32.6 Å². The van der Waals surface area contributed by atoms with E-state index in [9.17, 15) is 8.42 Å². The van der Waals surface area contributed by atoms with E-state index in [-0.39, 0.29) is 17.5 Å². The van der Waals surface area contributed by atoms with E-state index in [4.69, 9.17) is 5.14 Å². The molecule has 4 aromatic rings. The average molecular weight is 520 g/mol. The van der Waals surface area contributed by atoms with E-state index < -0.39 is 21.1 Å². The summed E-state index contributed by atoms with van der Waals surface area (Å²) in [5.74, 6) is -0.104. The maximum atomic E-state index is 16.1. The summed E-state index contributed by atoms with van der Waals surface area (Å²) in [6.45, 7) is 3.70. The Bertz CT molecular complexity index is 1480. The zero-order valence-corrected chi connectivity index (χ0v) is 21.4. The van der Waals surface area contributed by atoms with Crippen LogP contribution in [-0.2, 0) is 10.0 Å². The number of hydrogen-bond donors (Lipinski definition) is 3. The minimum Gasteiger partial charge on any atom is -0.317 e. The number of hydrogen-bond acceptors (Lipinski definition) is 5. The molecule has 0 spiro atoms. The summed E-state index contributed by atoms with van der Waals surface area (Å²) >= 11 is 0. The van der Waals surface area contributed by atoms with Crippen LogP contribution in [0.15, 0.2) is 67.0 Å². The van der Waals surface area contributed by atoms with E-state index in [1.165, 1.54) is 11.6 Å². The van der Waals surface area contributed by atoms with Gasteiger partial charge in [-0.05, 0) is 56.0 Å². The van der Waals surface area contributed by atoms with Crippen molar-refractivity contribution in [2.24, 2.45) is 5.14 Å². The number of sulfonamides is 1. The molecule has 2 aromatic heterocycles. The van der Waals surface area contributed by atoms with Gasteiger partial charge in [0.15, 0.2) is 0 Å². The molecule has 1 unspecified atom stereocenters. The minimum atomic E-state index is -3.99. The second-order valence-corrected chi connectivity index (χ2v) is 11.1. The maximum Gasteiger partial charge on any atom is 0.216 e. The van der Waals surface area contributed by atoms with Gasteiger partial charge in [0.1, 0.15) is 16.8 Å². The van der Waals surface area contributed by atoms with Crippen molar-refractivity contribution in [3.05, 3.63) is 83.9 Å². The molecule has 192 valence electrons. The molecule has 0 aliphatic carbocycles. The summed E-state index contributed by atoms with van der Waals surface area (Å²) in [6.07, 6.45) is 5.68. The third-order valence-electron chi connectivity index (χ3n) is 7.14. The molecule has 0 amide bonds. The largest absolute Gasteiger partial charge is 0.317 e. The van der Waals surface area contributed by atoms with Crippen LogP contribution in [-0.4, -0.2) is 36.7 Å². The van der Waals surface area contributed by atoms with Crippen LogP contribution in [0.3, 0.4) is 0 Å². The fourth-order valence-electron chi connectivity index (χ4n) is 5.23. The fraction of sp³-hybridized carbons (Fsp3) is 0.286. The quantitative estimate of drug-likeness (QED) is 0.312. The lowest BCUT2D eigenvalue weighted by molar-refractivity contribution is 0.460. The molecule has 1 aliphatic heterocycles. The Morgan fingerprint density at radius 1 is 1.03 bits per heavy atom. The third-order valence-corrected chi connectivity index (χ3v) is 8.52. The van der Waals surface area contributed by atoms with Crippen LogP contribution in [0.5, 0.6) is 0 Å². The number of benzene rings is 2. The van der Waals surface area contributed by atoms with Crippen LogP contribution >= 0.6 is 0 Å². The van der Waals surface area contributed by atoms with Crippen LogP contribution in [0.25, 0.3) is 33.6 Å². The van der Waals surface area contributed by atoms with Gasteiger partial charge in [0, 0.05) is 40.2 Å². The molecule has 37 heavy (non-hydrogen) atoms. The standard InChI is InChI=1S/C28H30FN5O2S/c1-2-24(37(30,35)36)22-4-3-5-23(26(22)29)25-27(33-34-28(25)21-12-16-32-17-13-21)20-8-6-18(7-9-20)19-10-14-31-15-11-19/h3-9,12-13,16-17,19,24,31H,2,10-11,14-15H2,1H3,(H,33,34)(H2,30,35,36). The van der Waals surface area contributed by atoms with Crippen molar-refractivity contribution in [1.82, 2.24) is 20.5 Å². The lowest BCUT2D eigenvalue weighted by Gasteiger charge is -2.23. The Morgan fingerprint density at radius 3 is 2.38 bits per heavy atom. The number of aromatic nitrogens is 3. The molecular formula is C28H30FN5O2S. The van der Waals surface area contributed by atoms with E-state index in [1.54, 1.807) is 31.5 Å². The Morgan fingerprint density at radius 2 is 1.73 bits per heavy atom. The van der Waals surface area contributed by atoms with Gasteiger partial charge in [-0.3, -0.25) is 10.1 Å². The molecule has 1 saturated heterocycles. The monoisotopic (exact) mass is 519 g/mol. The first kappa shape index (κ1) is 25.3. The number of H-pyrrole nitrogens is 1. The van der Waals surface area contributed by atoms with Crippen molar-refractivity contribution in [1.29, 1.82) is 0 Å². The molecule has 5 rings (SSSR count). The van der Waals surface area contributed by atoms with Crippen molar-refractivity contribution < 1.29 is 12.8 Å². The predicted molar refractivity (Wildman–Crippen MR) is 144 cm³/mol. The first-order chi connectivity index (χ1) is 17.9. The van der Waals surface area contributed by atoms with Crippen LogP contribution in [0.4, 0.5) is 4.39 Å². The third kappa shape index (κ3) is 5.07. The van der Waals surface area contributed by atoms with Gasteiger partial charge in [0.25, 0.3) is 0 Å². The highest BCUT2D eigenvalue weighted by atomic mass is 32.2.